The normalized spacial score (nSPS) is 11.8. The van der Waals surface area contributed by atoms with Crippen LogP contribution in [0.5, 0.6) is 0 Å². The van der Waals surface area contributed by atoms with Gasteiger partial charge >= 0.3 is 5.76 Å². The molecule has 0 aliphatic carbocycles. The number of aliphatic hydroxyl groups excluding tert-OH is 1. The topological polar surface area (TPSA) is 84.5 Å². The van der Waals surface area contributed by atoms with Crippen molar-refractivity contribution in [2.45, 2.75) is 33.2 Å². The van der Waals surface area contributed by atoms with E-state index >= 15 is 0 Å². The van der Waals surface area contributed by atoms with Gasteiger partial charge in [0.05, 0.1) is 12.1 Å². The quantitative estimate of drug-likeness (QED) is 0.812. The summed E-state index contributed by atoms with van der Waals surface area (Å²) in [5.41, 5.74) is 0.758. The second-order valence-corrected chi connectivity index (χ2v) is 5.56. The molecule has 0 spiro atoms. The van der Waals surface area contributed by atoms with Crippen LogP contribution in [0.3, 0.4) is 0 Å². The van der Waals surface area contributed by atoms with E-state index in [2.05, 4.69) is 5.32 Å². The number of benzene rings is 1. The smallest absolute Gasteiger partial charge is 0.408 e. The lowest BCUT2D eigenvalue weighted by atomic mass is 9.83. The molecule has 22 heavy (non-hydrogen) atoms. The van der Waals surface area contributed by atoms with Crippen molar-refractivity contribution < 1.29 is 14.3 Å². The van der Waals surface area contributed by atoms with Gasteiger partial charge in [0.15, 0.2) is 5.58 Å². The third-order valence-electron chi connectivity index (χ3n) is 4.37. The van der Waals surface area contributed by atoms with Crippen LogP contribution < -0.4 is 11.1 Å². The molecule has 0 saturated heterocycles. The number of para-hydroxylation sites is 2. The molecule has 2 aromatic rings. The third-order valence-corrected chi connectivity index (χ3v) is 4.37. The number of hydrogen-bond donors (Lipinski definition) is 2. The number of carbonyl (C=O) groups excluding carboxylic acids is 1. The number of aromatic nitrogens is 1. The summed E-state index contributed by atoms with van der Waals surface area (Å²) >= 11 is 0. The fourth-order valence-corrected chi connectivity index (χ4v) is 2.43. The number of oxazole rings is 1. The molecule has 1 aromatic carbocycles. The molecule has 0 aliphatic rings. The van der Waals surface area contributed by atoms with E-state index in [1.165, 1.54) is 4.57 Å². The number of hydrogen-bond acceptors (Lipinski definition) is 4. The summed E-state index contributed by atoms with van der Waals surface area (Å²) in [6.45, 7) is 4.29. The van der Waals surface area contributed by atoms with Crippen LogP contribution in [0.15, 0.2) is 33.5 Å². The third kappa shape index (κ3) is 3.22. The maximum Gasteiger partial charge on any atom is 0.420 e. The molecular weight excluding hydrogens is 284 g/mol. The van der Waals surface area contributed by atoms with E-state index in [1.54, 1.807) is 24.3 Å². The van der Waals surface area contributed by atoms with Crippen molar-refractivity contribution in [3.05, 3.63) is 34.8 Å². The Kier molecular flexibility index (Phi) is 5.03. The van der Waals surface area contributed by atoms with E-state index in [4.69, 9.17) is 4.42 Å². The summed E-state index contributed by atoms with van der Waals surface area (Å²) in [7, 11) is 0. The van der Waals surface area contributed by atoms with Crippen LogP contribution in [0.1, 0.15) is 26.7 Å². The number of nitrogens with zero attached hydrogens (tertiary/aromatic N) is 1. The standard InChI is InChI=1S/C16H22N2O4/c1-3-16(4-2,11-19)10-17-14(20)9-18-12-7-5-6-8-13(12)22-15(18)21/h5-8,19H,3-4,9-11H2,1-2H3,(H,17,20). The van der Waals surface area contributed by atoms with Gasteiger partial charge in [-0.05, 0) is 25.0 Å². The highest BCUT2D eigenvalue weighted by molar-refractivity contribution is 5.79. The first-order chi connectivity index (χ1) is 10.5. The number of nitrogens with one attached hydrogen (secondary N) is 1. The summed E-state index contributed by atoms with van der Waals surface area (Å²) < 4.78 is 6.40. The summed E-state index contributed by atoms with van der Waals surface area (Å²) in [6, 6.07) is 6.99. The Hall–Kier alpha value is -2.08. The van der Waals surface area contributed by atoms with E-state index in [-0.39, 0.29) is 24.5 Å². The van der Waals surface area contributed by atoms with Crippen molar-refractivity contribution in [2.75, 3.05) is 13.2 Å². The summed E-state index contributed by atoms with van der Waals surface area (Å²) in [6.07, 6.45) is 1.55. The Morgan fingerprint density at radius 2 is 2.00 bits per heavy atom. The molecule has 0 fully saturated rings. The lowest BCUT2D eigenvalue weighted by molar-refractivity contribution is -0.122. The predicted octanol–water partition coefficient (Wildman–Crippen LogP) is 1.51. The zero-order chi connectivity index (χ0) is 16.2. The molecule has 0 atom stereocenters. The molecule has 1 aromatic heterocycles. The first-order valence-electron chi connectivity index (χ1n) is 7.51. The van der Waals surface area contributed by atoms with Gasteiger partial charge in [0.25, 0.3) is 0 Å². The molecule has 2 rings (SSSR count). The number of amides is 1. The Morgan fingerprint density at radius 3 is 2.64 bits per heavy atom. The van der Waals surface area contributed by atoms with Crippen LogP contribution in [-0.4, -0.2) is 28.7 Å². The van der Waals surface area contributed by atoms with Crippen molar-refractivity contribution in [1.29, 1.82) is 0 Å². The van der Waals surface area contributed by atoms with Gasteiger partial charge < -0.3 is 14.8 Å². The van der Waals surface area contributed by atoms with Crippen LogP contribution >= 0.6 is 0 Å². The minimum absolute atomic E-state index is 0.0227. The molecule has 6 nitrogen and oxygen atoms in total. The van der Waals surface area contributed by atoms with Gasteiger partial charge in [0, 0.05) is 12.0 Å². The zero-order valence-corrected chi connectivity index (χ0v) is 13.0. The zero-order valence-electron chi connectivity index (χ0n) is 13.0. The second kappa shape index (κ2) is 6.79. The molecule has 1 heterocycles. The lowest BCUT2D eigenvalue weighted by Crippen LogP contribution is -2.41. The predicted molar refractivity (Wildman–Crippen MR) is 83.6 cm³/mol. The highest BCUT2D eigenvalue weighted by Gasteiger charge is 2.26. The van der Waals surface area contributed by atoms with Gasteiger partial charge in [-0.1, -0.05) is 26.0 Å². The first-order valence-corrected chi connectivity index (χ1v) is 7.51. The largest absolute Gasteiger partial charge is 0.420 e. The van der Waals surface area contributed by atoms with Crippen molar-refractivity contribution >= 4 is 17.0 Å². The maximum atomic E-state index is 12.1. The van der Waals surface area contributed by atoms with Crippen LogP contribution in [0.4, 0.5) is 0 Å². The molecule has 0 radical (unpaired) electrons. The Labute approximate surface area is 128 Å². The molecule has 120 valence electrons. The molecule has 6 heteroatoms. The van der Waals surface area contributed by atoms with Gasteiger partial charge in [0.1, 0.15) is 6.54 Å². The summed E-state index contributed by atoms with van der Waals surface area (Å²) in [5.74, 6) is -0.816. The number of carbonyl (C=O) groups is 1. The van der Waals surface area contributed by atoms with Crippen molar-refractivity contribution in [2.24, 2.45) is 5.41 Å². The minimum atomic E-state index is -0.546. The van der Waals surface area contributed by atoms with Crippen molar-refractivity contribution in [1.82, 2.24) is 9.88 Å². The lowest BCUT2D eigenvalue weighted by Gasteiger charge is -2.29. The molecule has 1 amide bonds. The number of rotatable bonds is 7. The molecular formula is C16H22N2O4. The average Bonchev–Trinajstić information content (AvgIpc) is 2.85. The van der Waals surface area contributed by atoms with Crippen LogP contribution in [0.25, 0.3) is 11.1 Å². The summed E-state index contributed by atoms with van der Waals surface area (Å²) in [4.78, 5) is 23.9. The van der Waals surface area contributed by atoms with E-state index in [1.807, 2.05) is 13.8 Å². The van der Waals surface area contributed by atoms with Crippen molar-refractivity contribution in [3.8, 4) is 0 Å². The molecule has 0 bridgehead atoms. The molecule has 2 N–H and O–H groups in total. The van der Waals surface area contributed by atoms with Crippen LogP contribution in [0, 0.1) is 5.41 Å². The van der Waals surface area contributed by atoms with E-state index in [0.29, 0.717) is 17.6 Å². The first kappa shape index (κ1) is 16.3. The molecule has 0 saturated carbocycles. The van der Waals surface area contributed by atoms with Gasteiger partial charge in [0.2, 0.25) is 5.91 Å². The number of fused-ring (bicyclic) bond motifs is 1. The van der Waals surface area contributed by atoms with E-state index in [0.717, 1.165) is 12.8 Å². The van der Waals surface area contributed by atoms with Gasteiger partial charge in [-0.2, -0.15) is 0 Å². The van der Waals surface area contributed by atoms with E-state index in [9.17, 15) is 14.7 Å². The fourth-order valence-electron chi connectivity index (χ4n) is 2.43. The highest BCUT2D eigenvalue weighted by Crippen LogP contribution is 2.24. The van der Waals surface area contributed by atoms with Crippen LogP contribution in [0.2, 0.25) is 0 Å². The monoisotopic (exact) mass is 306 g/mol. The number of aliphatic hydroxyl groups is 1. The minimum Gasteiger partial charge on any atom is -0.408 e. The van der Waals surface area contributed by atoms with Gasteiger partial charge in [-0.15, -0.1) is 0 Å². The maximum absolute atomic E-state index is 12.1. The second-order valence-electron chi connectivity index (χ2n) is 5.56. The Bertz CT molecular complexity index is 689. The van der Waals surface area contributed by atoms with Gasteiger partial charge in [-0.25, -0.2) is 4.79 Å². The SMILES string of the molecule is CCC(CC)(CO)CNC(=O)Cn1c(=O)oc2ccccc21. The highest BCUT2D eigenvalue weighted by atomic mass is 16.4. The summed E-state index contributed by atoms with van der Waals surface area (Å²) in [5, 5.41) is 12.3. The average molecular weight is 306 g/mol. The van der Waals surface area contributed by atoms with Gasteiger partial charge in [-0.3, -0.25) is 9.36 Å². The molecule has 0 aliphatic heterocycles. The Balaban J connectivity index is 2.08. The fraction of sp³-hybridized carbons (Fsp3) is 0.500. The van der Waals surface area contributed by atoms with Crippen molar-refractivity contribution in [3.63, 3.8) is 0 Å². The molecule has 0 unspecified atom stereocenters. The Morgan fingerprint density at radius 1 is 1.32 bits per heavy atom. The van der Waals surface area contributed by atoms with Crippen LogP contribution in [-0.2, 0) is 11.3 Å². The van der Waals surface area contributed by atoms with E-state index < -0.39 is 5.76 Å².